The number of morpholine rings is 1. The largest absolute Gasteiger partial charge is 0.481 e. The number of amidine groups is 1. The van der Waals surface area contributed by atoms with E-state index in [0.717, 1.165) is 16.7 Å². The topological polar surface area (TPSA) is 141 Å². The molecule has 0 radical (unpaired) electrons. The predicted molar refractivity (Wildman–Crippen MR) is 186 cm³/mol. The summed E-state index contributed by atoms with van der Waals surface area (Å²) in [5, 5.41) is 23.3. The summed E-state index contributed by atoms with van der Waals surface area (Å²) >= 11 is 0. The molecule has 2 heterocycles. The SMILES string of the molecule is O=C(O)CCC(=O)OC[C@@H]1CN(C(c2ccccc2)(c2ccccc2)c2ccccc2)C(N2C=CC(NC(=O)c3ccccc3)=NC2O)CO1. The highest BCUT2D eigenvalue weighted by molar-refractivity contribution is 6.10. The second kappa shape index (κ2) is 15.7. The molecule has 11 heteroatoms. The molecule has 0 aliphatic carbocycles. The summed E-state index contributed by atoms with van der Waals surface area (Å²) in [5.74, 6) is -1.85. The van der Waals surface area contributed by atoms with Crippen LogP contribution in [0.4, 0.5) is 0 Å². The Hall–Kier alpha value is -5.62. The summed E-state index contributed by atoms with van der Waals surface area (Å²) in [6, 6.07) is 38.9. The highest BCUT2D eigenvalue weighted by atomic mass is 16.6. The van der Waals surface area contributed by atoms with E-state index in [0.29, 0.717) is 5.56 Å². The van der Waals surface area contributed by atoms with E-state index in [9.17, 15) is 19.5 Å². The average Bonchev–Trinajstić information content (AvgIpc) is 3.15. The molecule has 1 saturated heterocycles. The highest BCUT2D eigenvalue weighted by Crippen LogP contribution is 2.45. The van der Waals surface area contributed by atoms with E-state index in [2.05, 4.69) is 51.6 Å². The normalized spacial score (nSPS) is 19.3. The maximum atomic E-state index is 12.9. The van der Waals surface area contributed by atoms with Gasteiger partial charge in [0.1, 0.15) is 24.7 Å². The lowest BCUT2D eigenvalue weighted by Gasteiger charge is -2.55. The Labute approximate surface area is 290 Å². The lowest BCUT2D eigenvalue weighted by Crippen LogP contribution is -2.66. The summed E-state index contributed by atoms with van der Waals surface area (Å²) in [7, 11) is 0. The van der Waals surface area contributed by atoms with Crippen LogP contribution >= 0.6 is 0 Å². The minimum atomic E-state index is -1.38. The van der Waals surface area contributed by atoms with Crippen LogP contribution in [0.15, 0.2) is 139 Å². The van der Waals surface area contributed by atoms with Gasteiger partial charge in [0.2, 0.25) is 6.35 Å². The third-order valence-electron chi connectivity index (χ3n) is 8.77. The first-order chi connectivity index (χ1) is 24.4. The molecular formula is C39H38N4O7. The number of nitrogens with zero attached hydrogens (tertiary/aromatic N) is 3. The van der Waals surface area contributed by atoms with Crippen LogP contribution in [-0.4, -0.2) is 82.1 Å². The van der Waals surface area contributed by atoms with Crippen molar-refractivity contribution in [2.24, 2.45) is 4.99 Å². The molecule has 4 aromatic rings. The zero-order valence-corrected chi connectivity index (χ0v) is 27.2. The van der Waals surface area contributed by atoms with Gasteiger partial charge in [-0.2, -0.15) is 0 Å². The molecule has 11 nitrogen and oxygen atoms in total. The second-order valence-corrected chi connectivity index (χ2v) is 11.9. The Morgan fingerprint density at radius 2 is 1.36 bits per heavy atom. The number of nitrogens with one attached hydrogen (secondary N) is 1. The molecule has 50 heavy (non-hydrogen) atoms. The van der Waals surface area contributed by atoms with Crippen molar-refractivity contribution in [1.29, 1.82) is 0 Å². The molecule has 2 aliphatic heterocycles. The fourth-order valence-corrected chi connectivity index (χ4v) is 6.49. The number of carbonyl (C=O) groups is 3. The van der Waals surface area contributed by atoms with Crippen LogP contribution in [0.3, 0.4) is 0 Å². The van der Waals surface area contributed by atoms with Gasteiger partial charge in [-0.05, 0) is 34.9 Å². The number of rotatable bonds is 11. The molecule has 3 N–H and O–H groups in total. The quantitative estimate of drug-likeness (QED) is 0.157. The van der Waals surface area contributed by atoms with Gasteiger partial charge in [0, 0.05) is 18.3 Å². The highest BCUT2D eigenvalue weighted by Gasteiger charge is 2.50. The zero-order chi connectivity index (χ0) is 34.9. The number of aliphatic carboxylic acids is 1. The maximum Gasteiger partial charge on any atom is 0.306 e. The predicted octanol–water partition coefficient (Wildman–Crippen LogP) is 4.35. The summed E-state index contributed by atoms with van der Waals surface area (Å²) in [6.45, 7) is 0.227. The van der Waals surface area contributed by atoms with Crippen molar-refractivity contribution in [1.82, 2.24) is 15.1 Å². The smallest absolute Gasteiger partial charge is 0.306 e. The average molecular weight is 675 g/mol. The number of aliphatic hydroxyl groups excluding tert-OH is 1. The van der Waals surface area contributed by atoms with Crippen LogP contribution in [-0.2, 0) is 24.6 Å². The first kappa shape index (κ1) is 34.3. The monoisotopic (exact) mass is 674 g/mol. The molecule has 2 unspecified atom stereocenters. The van der Waals surface area contributed by atoms with E-state index in [1.54, 1.807) is 41.4 Å². The fraction of sp³-hybridized carbons (Fsp3) is 0.231. The van der Waals surface area contributed by atoms with Gasteiger partial charge in [0.15, 0.2) is 0 Å². The first-order valence-electron chi connectivity index (χ1n) is 16.4. The molecule has 1 amide bonds. The molecule has 0 bridgehead atoms. The van der Waals surface area contributed by atoms with Crippen LogP contribution in [0, 0.1) is 0 Å². The number of esters is 1. The Bertz CT molecular complexity index is 1720. The van der Waals surface area contributed by atoms with E-state index < -0.39 is 36.1 Å². The number of carbonyl (C=O) groups excluding carboxylic acids is 2. The lowest BCUT2D eigenvalue weighted by molar-refractivity contribution is -0.175. The number of carboxylic acids is 1. The summed E-state index contributed by atoms with van der Waals surface area (Å²) < 4.78 is 11.8. The van der Waals surface area contributed by atoms with Crippen LogP contribution in [0.25, 0.3) is 0 Å². The number of hydrogen-bond donors (Lipinski definition) is 3. The van der Waals surface area contributed by atoms with Crippen molar-refractivity contribution in [3.63, 3.8) is 0 Å². The molecule has 1 fully saturated rings. The van der Waals surface area contributed by atoms with Gasteiger partial charge in [-0.15, -0.1) is 0 Å². The minimum Gasteiger partial charge on any atom is -0.481 e. The van der Waals surface area contributed by atoms with Crippen LogP contribution in [0.2, 0.25) is 0 Å². The third kappa shape index (κ3) is 7.50. The number of aliphatic imine (C=N–C) groups is 1. The summed E-state index contributed by atoms with van der Waals surface area (Å²) in [6.07, 6.45) is 0.163. The van der Waals surface area contributed by atoms with Gasteiger partial charge < -0.3 is 29.9 Å². The number of ether oxygens (including phenoxy) is 2. The Morgan fingerprint density at radius 1 is 0.820 bits per heavy atom. The lowest BCUT2D eigenvalue weighted by atomic mass is 9.74. The molecule has 0 aromatic heterocycles. The molecule has 4 aromatic carbocycles. The maximum absolute atomic E-state index is 12.9. The molecule has 2 aliphatic rings. The van der Waals surface area contributed by atoms with Crippen molar-refractivity contribution in [2.45, 2.75) is 37.0 Å². The van der Waals surface area contributed by atoms with E-state index in [1.807, 2.05) is 60.7 Å². The molecule has 0 spiro atoms. The molecule has 0 saturated carbocycles. The van der Waals surface area contributed by atoms with E-state index in [4.69, 9.17) is 14.6 Å². The molecule has 6 rings (SSSR count). The molecular weight excluding hydrogens is 636 g/mol. The standard InChI is InChI=1S/C39H38N4O7/c44-35(45)21-22-36(46)50-26-32-25-43(34(27-49-32)42-24-23-33(41-38(42)48)40-37(47)28-13-5-1-6-14-28)39(29-15-7-2-8-16-29,30-17-9-3-10-18-30)31-19-11-4-12-20-31/h1-20,23-24,32,34,38,48H,21-22,25-27H2,(H,44,45)(H,40,41,47)/t32-,34?,38?/m0/s1. The van der Waals surface area contributed by atoms with Gasteiger partial charge in [-0.3, -0.25) is 19.3 Å². The number of benzene rings is 4. The number of amides is 1. The van der Waals surface area contributed by atoms with Crippen molar-refractivity contribution in [3.05, 3.63) is 156 Å². The van der Waals surface area contributed by atoms with Crippen LogP contribution < -0.4 is 5.32 Å². The minimum absolute atomic E-state index is 0.0776. The number of carboxylic acid groups (broad SMARTS) is 1. The zero-order valence-electron chi connectivity index (χ0n) is 27.2. The van der Waals surface area contributed by atoms with E-state index in [1.165, 1.54) is 0 Å². The van der Waals surface area contributed by atoms with Gasteiger partial charge >= 0.3 is 11.9 Å². The van der Waals surface area contributed by atoms with Gasteiger partial charge in [0.05, 0.1) is 25.0 Å². The van der Waals surface area contributed by atoms with Crippen molar-refractivity contribution in [2.75, 3.05) is 19.8 Å². The van der Waals surface area contributed by atoms with E-state index >= 15 is 0 Å². The van der Waals surface area contributed by atoms with Crippen molar-refractivity contribution < 1.29 is 34.1 Å². The summed E-state index contributed by atoms with van der Waals surface area (Å²) in [5.41, 5.74) is 2.38. The second-order valence-electron chi connectivity index (χ2n) is 11.9. The Kier molecular flexibility index (Phi) is 10.8. The van der Waals surface area contributed by atoms with Gasteiger partial charge in [-0.25, -0.2) is 4.99 Å². The van der Waals surface area contributed by atoms with E-state index in [-0.39, 0.29) is 44.3 Å². The van der Waals surface area contributed by atoms with Crippen molar-refractivity contribution >= 4 is 23.7 Å². The summed E-state index contributed by atoms with van der Waals surface area (Å²) in [4.78, 5) is 44.7. The van der Waals surface area contributed by atoms with Gasteiger partial charge in [0.25, 0.3) is 5.91 Å². The first-order valence-corrected chi connectivity index (χ1v) is 16.4. The molecule has 3 atom stereocenters. The van der Waals surface area contributed by atoms with Crippen LogP contribution in [0.1, 0.15) is 39.9 Å². The van der Waals surface area contributed by atoms with Crippen molar-refractivity contribution in [3.8, 4) is 0 Å². The molecule has 256 valence electrons. The number of aliphatic hydroxyl groups is 1. The Morgan fingerprint density at radius 3 is 1.88 bits per heavy atom. The number of hydrogen-bond acceptors (Lipinski definition) is 9. The fourth-order valence-electron chi connectivity index (χ4n) is 6.49. The van der Waals surface area contributed by atoms with Gasteiger partial charge in [-0.1, -0.05) is 109 Å². The Balaban J connectivity index is 1.39. The van der Waals surface area contributed by atoms with Crippen LogP contribution in [0.5, 0.6) is 0 Å². The third-order valence-corrected chi connectivity index (χ3v) is 8.77.